The van der Waals surface area contributed by atoms with Crippen LogP contribution in [0.5, 0.6) is 5.75 Å². The highest BCUT2D eigenvalue weighted by atomic mass is 19.1. The van der Waals surface area contributed by atoms with Gasteiger partial charge in [-0.2, -0.15) is 5.10 Å². The molecule has 1 aliphatic rings. The molecule has 0 atom stereocenters. The number of nitrogens with zero attached hydrogens (tertiary/aromatic N) is 5. The van der Waals surface area contributed by atoms with E-state index < -0.39 is 0 Å². The summed E-state index contributed by atoms with van der Waals surface area (Å²) in [6, 6.07) is 26.3. The number of hydrogen-bond acceptors (Lipinski definition) is 4. The molecule has 0 radical (unpaired) electrons. The third-order valence-electron chi connectivity index (χ3n) is 7.53. The smallest absolute Gasteiger partial charge is 0.123 e. The minimum Gasteiger partial charge on any atom is -0.492 e. The molecular weight excluding hydrogens is 489 g/mol. The standard InChI is InChI=1S/C32H34FN5O/c1-35-15-16-39-30-8-4-7-26(19-30)32-20-27-18-28(33)9-10-31(27)38(32)14-13-37(23-29-11-12-34-36(29)2)22-25-6-3-5-24(17-25)21-35/h3-12,17-20H,13-16,21-23H2,1-2H3. The van der Waals surface area contributed by atoms with Gasteiger partial charge in [-0.3, -0.25) is 14.5 Å². The molecule has 0 saturated carbocycles. The van der Waals surface area contributed by atoms with E-state index in [0.717, 1.165) is 67.2 Å². The summed E-state index contributed by atoms with van der Waals surface area (Å²) in [4.78, 5) is 4.76. The van der Waals surface area contributed by atoms with Gasteiger partial charge in [0.2, 0.25) is 0 Å². The Hall–Kier alpha value is -3.94. The first kappa shape index (κ1) is 25.3. The van der Waals surface area contributed by atoms with Crippen LogP contribution in [0.4, 0.5) is 4.39 Å². The number of aryl methyl sites for hydroxylation is 1. The third kappa shape index (κ3) is 5.75. The Bertz CT molecular complexity index is 1590. The quantitative estimate of drug-likeness (QED) is 0.297. The number of benzene rings is 3. The van der Waals surface area contributed by atoms with Gasteiger partial charge in [0.05, 0.1) is 5.69 Å². The van der Waals surface area contributed by atoms with Crippen LogP contribution in [0.3, 0.4) is 0 Å². The van der Waals surface area contributed by atoms with E-state index in [9.17, 15) is 4.39 Å². The van der Waals surface area contributed by atoms with Gasteiger partial charge in [-0.25, -0.2) is 4.39 Å². The van der Waals surface area contributed by atoms with Crippen LogP contribution in [0.1, 0.15) is 16.8 Å². The Balaban J connectivity index is 1.42. The molecule has 0 spiro atoms. The summed E-state index contributed by atoms with van der Waals surface area (Å²) in [6.45, 7) is 5.48. The summed E-state index contributed by atoms with van der Waals surface area (Å²) < 4.78 is 24.6. The lowest BCUT2D eigenvalue weighted by atomic mass is 10.1. The summed E-state index contributed by atoms with van der Waals surface area (Å²) in [6.07, 6.45) is 1.85. The summed E-state index contributed by atoms with van der Waals surface area (Å²) in [7, 11) is 4.12. The number of rotatable bonds is 2. The Kier molecular flexibility index (Phi) is 7.18. The molecule has 3 heterocycles. The predicted molar refractivity (Wildman–Crippen MR) is 153 cm³/mol. The average Bonchev–Trinajstić information content (AvgIpc) is 3.49. The topological polar surface area (TPSA) is 38.5 Å². The van der Waals surface area contributed by atoms with Crippen molar-refractivity contribution in [2.75, 3.05) is 26.7 Å². The van der Waals surface area contributed by atoms with Gasteiger partial charge in [0.1, 0.15) is 18.2 Å². The first-order chi connectivity index (χ1) is 19.0. The molecule has 4 bridgehead atoms. The molecule has 6 rings (SSSR count). The fourth-order valence-electron chi connectivity index (χ4n) is 5.50. The van der Waals surface area contributed by atoms with Crippen molar-refractivity contribution in [1.82, 2.24) is 24.1 Å². The Morgan fingerprint density at radius 3 is 2.54 bits per heavy atom. The highest BCUT2D eigenvalue weighted by Crippen LogP contribution is 2.31. The highest BCUT2D eigenvalue weighted by molar-refractivity contribution is 5.87. The molecule has 39 heavy (non-hydrogen) atoms. The van der Waals surface area contributed by atoms with Crippen molar-refractivity contribution in [2.24, 2.45) is 7.05 Å². The van der Waals surface area contributed by atoms with E-state index in [1.54, 1.807) is 12.1 Å². The van der Waals surface area contributed by atoms with Crippen LogP contribution in [0.2, 0.25) is 0 Å². The van der Waals surface area contributed by atoms with E-state index in [4.69, 9.17) is 4.74 Å². The van der Waals surface area contributed by atoms with Crippen molar-refractivity contribution >= 4 is 10.9 Å². The second kappa shape index (κ2) is 11.0. The van der Waals surface area contributed by atoms with Crippen LogP contribution in [-0.2, 0) is 33.2 Å². The SMILES string of the molecule is CN1CCOc2cccc(c2)-c2cc3cc(F)ccc3n2CCN(Cc2ccnn2C)Cc2cccc(c2)C1. The van der Waals surface area contributed by atoms with Crippen molar-refractivity contribution in [3.8, 4) is 17.0 Å². The Morgan fingerprint density at radius 1 is 0.846 bits per heavy atom. The molecule has 0 aliphatic carbocycles. The van der Waals surface area contributed by atoms with E-state index in [-0.39, 0.29) is 5.82 Å². The Labute approximate surface area is 228 Å². The molecular formula is C32H34FN5O. The zero-order valence-corrected chi connectivity index (χ0v) is 22.6. The normalized spacial score (nSPS) is 15.6. The third-order valence-corrected chi connectivity index (χ3v) is 7.53. The summed E-state index contributed by atoms with van der Waals surface area (Å²) >= 11 is 0. The lowest BCUT2D eigenvalue weighted by Crippen LogP contribution is -2.28. The predicted octanol–water partition coefficient (Wildman–Crippen LogP) is 5.71. The number of halogens is 1. The monoisotopic (exact) mass is 523 g/mol. The van der Waals surface area contributed by atoms with Crippen LogP contribution in [-0.4, -0.2) is 50.9 Å². The van der Waals surface area contributed by atoms with Gasteiger partial charge >= 0.3 is 0 Å². The van der Waals surface area contributed by atoms with Gasteiger partial charge in [-0.1, -0.05) is 36.4 Å². The summed E-state index contributed by atoms with van der Waals surface area (Å²) in [5.74, 6) is 0.618. The van der Waals surface area contributed by atoms with Gasteiger partial charge < -0.3 is 9.30 Å². The molecule has 0 fully saturated rings. The highest BCUT2D eigenvalue weighted by Gasteiger charge is 2.16. The number of fused-ring (bicyclic) bond motifs is 8. The molecule has 0 N–H and O–H groups in total. The van der Waals surface area contributed by atoms with Crippen LogP contribution in [0, 0.1) is 5.82 Å². The lowest BCUT2D eigenvalue weighted by Gasteiger charge is -2.24. The molecule has 0 amide bonds. The molecule has 2 aromatic heterocycles. The summed E-state index contributed by atoms with van der Waals surface area (Å²) in [5.41, 5.74) is 6.90. The Morgan fingerprint density at radius 2 is 1.69 bits per heavy atom. The molecule has 0 saturated heterocycles. The zero-order valence-electron chi connectivity index (χ0n) is 22.6. The zero-order chi connectivity index (χ0) is 26.8. The number of likely N-dealkylation sites (N-methyl/N-ethyl adjacent to an activating group) is 1. The van der Waals surface area contributed by atoms with Crippen molar-refractivity contribution in [2.45, 2.75) is 26.2 Å². The van der Waals surface area contributed by atoms with Crippen molar-refractivity contribution < 1.29 is 9.13 Å². The maximum absolute atomic E-state index is 14.2. The number of hydrogen-bond donors (Lipinski definition) is 0. The van der Waals surface area contributed by atoms with Crippen molar-refractivity contribution in [3.63, 3.8) is 0 Å². The minimum atomic E-state index is -0.223. The first-order valence-corrected chi connectivity index (χ1v) is 13.5. The maximum atomic E-state index is 14.2. The molecule has 3 aromatic carbocycles. The minimum absolute atomic E-state index is 0.223. The second-order valence-corrected chi connectivity index (χ2v) is 10.5. The molecule has 1 aliphatic heterocycles. The van der Waals surface area contributed by atoms with Crippen LogP contribution in [0.15, 0.2) is 85.1 Å². The van der Waals surface area contributed by atoms with Crippen molar-refractivity contribution in [3.05, 3.63) is 108 Å². The van der Waals surface area contributed by atoms with Crippen LogP contribution in [0.25, 0.3) is 22.2 Å². The van der Waals surface area contributed by atoms with E-state index in [2.05, 4.69) is 75.0 Å². The van der Waals surface area contributed by atoms with E-state index >= 15 is 0 Å². The second-order valence-electron chi connectivity index (χ2n) is 10.5. The molecule has 200 valence electrons. The first-order valence-electron chi connectivity index (χ1n) is 13.5. The molecule has 5 aromatic rings. The fourth-order valence-corrected chi connectivity index (χ4v) is 5.50. The van der Waals surface area contributed by atoms with Crippen molar-refractivity contribution in [1.29, 1.82) is 0 Å². The van der Waals surface area contributed by atoms with Gasteiger partial charge in [0, 0.05) is 74.7 Å². The van der Waals surface area contributed by atoms with Gasteiger partial charge in [-0.15, -0.1) is 0 Å². The van der Waals surface area contributed by atoms with Gasteiger partial charge in [-0.05, 0) is 60.6 Å². The average molecular weight is 524 g/mol. The largest absolute Gasteiger partial charge is 0.492 e. The number of ether oxygens (including phenoxy) is 1. The lowest BCUT2D eigenvalue weighted by molar-refractivity contribution is 0.232. The van der Waals surface area contributed by atoms with E-state index in [0.29, 0.717) is 6.61 Å². The van der Waals surface area contributed by atoms with E-state index in [1.165, 1.54) is 16.8 Å². The van der Waals surface area contributed by atoms with Gasteiger partial charge in [0.15, 0.2) is 0 Å². The molecule has 6 nitrogen and oxygen atoms in total. The van der Waals surface area contributed by atoms with Gasteiger partial charge in [0.25, 0.3) is 0 Å². The van der Waals surface area contributed by atoms with Crippen LogP contribution < -0.4 is 4.74 Å². The van der Waals surface area contributed by atoms with E-state index in [1.807, 2.05) is 36.1 Å². The number of aromatic nitrogens is 3. The van der Waals surface area contributed by atoms with Crippen LogP contribution >= 0.6 is 0 Å². The maximum Gasteiger partial charge on any atom is 0.123 e. The fraction of sp³-hybridized carbons (Fsp3) is 0.281. The molecule has 7 heteroatoms. The summed E-state index contributed by atoms with van der Waals surface area (Å²) in [5, 5.41) is 5.29. The molecule has 0 unspecified atom stereocenters.